The van der Waals surface area contributed by atoms with E-state index >= 15 is 0 Å². The molecule has 4 aliphatic carbocycles. The van der Waals surface area contributed by atoms with Crippen LogP contribution in [0.1, 0.15) is 78.1 Å². The molecule has 0 aromatic rings. The Morgan fingerprint density at radius 2 is 1.81 bits per heavy atom. The monoisotopic (exact) mass is 359 g/mol. The van der Waals surface area contributed by atoms with Crippen LogP contribution >= 0.6 is 0 Å². The maximum absolute atomic E-state index is 11.3. The summed E-state index contributed by atoms with van der Waals surface area (Å²) >= 11 is 0. The fraction of sp³-hybridized carbons (Fsp3) is 0.952. The summed E-state index contributed by atoms with van der Waals surface area (Å²) in [6.45, 7) is 4.93. The zero-order valence-corrected chi connectivity index (χ0v) is 16.2. The molecule has 5 nitrogen and oxygen atoms in total. The Morgan fingerprint density at radius 3 is 2.54 bits per heavy atom. The first-order chi connectivity index (χ1) is 12.4. The van der Waals surface area contributed by atoms with Gasteiger partial charge in [-0.25, -0.2) is 0 Å². The minimum absolute atomic E-state index is 0.204. The molecule has 0 aliphatic heterocycles. The highest BCUT2D eigenvalue weighted by molar-refractivity contribution is 5.67. The molecule has 4 saturated carbocycles. The summed E-state index contributed by atoms with van der Waals surface area (Å²) in [4.78, 5) is 14.4. The lowest BCUT2D eigenvalue weighted by molar-refractivity contribution is -0.141. The van der Waals surface area contributed by atoms with Crippen LogP contribution in [0, 0.1) is 40.4 Å². The molecular formula is C21H33N3O2. The second kappa shape index (κ2) is 6.44. The minimum atomic E-state index is -0.619. The third kappa shape index (κ3) is 2.66. The quantitative estimate of drug-likeness (QED) is 0.392. The van der Waals surface area contributed by atoms with Gasteiger partial charge in [-0.15, -0.1) is 0 Å². The second-order valence-electron chi connectivity index (χ2n) is 10.2. The van der Waals surface area contributed by atoms with E-state index in [0.717, 1.165) is 37.0 Å². The van der Waals surface area contributed by atoms with Crippen molar-refractivity contribution in [2.45, 2.75) is 84.1 Å². The molecule has 4 aliphatic rings. The van der Waals surface area contributed by atoms with Crippen LogP contribution in [0.5, 0.6) is 0 Å². The Kier molecular flexibility index (Phi) is 4.50. The van der Waals surface area contributed by atoms with Gasteiger partial charge in [-0.3, -0.25) is 4.79 Å². The SMILES string of the molecule is CC12CCC3C(CCC4CC(N=[N+]=[N-])CCC43C)C1CCC2CC(=O)O. The molecule has 8 unspecified atom stereocenters. The van der Waals surface area contributed by atoms with Crippen molar-refractivity contribution in [2.24, 2.45) is 45.5 Å². The maximum atomic E-state index is 11.3. The van der Waals surface area contributed by atoms with Crippen molar-refractivity contribution >= 4 is 5.97 Å². The zero-order valence-electron chi connectivity index (χ0n) is 16.2. The molecule has 0 amide bonds. The van der Waals surface area contributed by atoms with Crippen LogP contribution in [-0.2, 0) is 4.79 Å². The summed E-state index contributed by atoms with van der Waals surface area (Å²) in [5, 5.41) is 13.4. The van der Waals surface area contributed by atoms with Crippen molar-refractivity contribution in [2.75, 3.05) is 0 Å². The Bertz CT molecular complexity index is 631. The molecule has 26 heavy (non-hydrogen) atoms. The van der Waals surface area contributed by atoms with Crippen LogP contribution in [0.15, 0.2) is 5.11 Å². The molecule has 0 aromatic heterocycles. The zero-order chi connectivity index (χ0) is 18.5. The van der Waals surface area contributed by atoms with Gasteiger partial charge in [0.1, 0.15) is 0 Å². The van der Waals surface area contributed by atoms with Crippen molar-refractivity contribution in [3.05, 3.63) is 10.4 Å². The molecule has 0 bridgehead atoms. The maximum Gasteiger partial charge on any atom is 0.303 e. The van der Waals surface area contributed by atoms with Gasteiger partial charge in [-0.1, -0.05) is 19.0 Å². The lowest BCUT2D eigenvalue weighted by Crippen LogP contribution is -2.53. The van der Waals surface area contributed by atoms with E-state index in [1.54, 1.807) is 0 Å². The predicted octanol–water partition coefficient (Wildman–Crippen LogP) is 5.80. The topological polar surface area (TPSA) is 86.1 Å². The van der Waals surface area contributed by atoms with Crippen molar-refractivity contribution in [3.63, 3.8) is 0 Å². The lowest BCUT2D eigenvalue weighted by atomic mass is 9.44. The number of carboxylic acids is 1. The summed E-state index contributed by atoms with van der Waals surface area (Å²) in [5.74, 6) is 2.75. The van der Waals surface area contributed by atoms with Gasteiger partial charge in [0.2, 0.25) is 0 Å². The molecule has 0 saturated heterocycles. The van der Waals surface area contributed by atoms with E-state index in [-0.39, 0.29) is 11.5 Å². The highest BCUT2D eigenvalue weighted by Gasteiger charge is 2.60. The van der Waals surface area contributed by atoms with E-state index in [1.807, 2.05) is 0 Å². The number of rotatable bonds is 3. The van der Waals surface area contributed by atoms with Gasteiger partial charge in [-0.2, -0.15) is 0 Å². The molecule has 0 heterocycles. The van der Waals surface area contributed by atoms with Crippen LogP contribution in [0.2, 0.25) is 0 Å². The fourth-order valence-corrected chi connectivity index (χ4v) is 8.07. The molecule has 8 atom stereocenters. The van der Waals surface area contributed by atoms with Gasteiger partial charge in [0.05, 0.1) is 0 Å². The second-order valence-corrected chi connectivity index (χ2v) is 10.2. The lowest BCUT2D eigenvalue weighted by Gasteiger charge is -2.61. The molecule has 0 aromatic carbocycles. The molecule has 0 spiro atoms. The van der Waals surface area contributed by atoms with E-state index in [9.17, 15) is 9.90 Å². The first-order valence-corrected chi connectivity index (χ1v) is 10.6. The molecule has 1 N–H and O–H groups in total. The van der Waals surface area contributed by atoms with Crippen molar-refractivity contribution in [1.29, 1.82) is 0 Å². The van der Waals surface area contributed by atoms with Crippen molar-refractivity contribution < 1.29 is 9.90 Å². The van der Waals surface area contributed by atoms with Crippen molar-refractivity contribution in [3.8, 4) is 0 Å². The molecule has 0 radical (unpaired) electrons. The smallest absolute Gasteiger partial charge is 0.303 e. The Morgan fingerprint density at radius 1 is 1.08 bits per heavy atom. The van der Waals surface area contributed by atoms with Gasteiger partial charge in [0.15, 0.2) is 0 Å². The van der Waals surface area contributed by atoms with Crippen LogP contribution in [0.4, 0.5) is 0 Å². The summed E-state index contributed by atoms with van der Waals surface area (Å²) in [6.07, 6.45) is 11.1. The Labute approximate surface area is 156 Å². The average Bonchev–Trinajstić information content (AvgIpc) is 2.91. The Hall–Kier alpha value is -1.22. The van der Waals surface area contributed by atoms with Gasteiger partial charge in [0, 0.05) is 17.4 Å². The van der Waals surface area contributed by atoms with Crippen molar-refractivity contribution in [1.82, 2.24) is 0 Å². The van der Waals surface area contributed by atoms with Gasteiger partial charge >= 0.3 is 5.97 Å². The van der Waals surface area contributed by atoms with Crippen LogP contribution < -0.4 is 0 Å². The average molecular weight is 360 g/mol. The molecule has 4 rings (SSSR count). The highest BCUT2D eigenvalue weighted by atomic mass is 16.4. The minimum Gasteiger partial charge on any atom is -0.481 e. The number of carbonyl (C=O) groups is 1. The fourth-order valence-electron chi connectivity index (χ4n) is 8.07. The third-order valence-corrected chi connectivity index (χ3v) is 9.47. The standard InChI is InChI=1S/C21H33N3O2/c1-20-9-7-15(23-24-22)11-13(20)3-5-16-17-6-4-14(12-19(25)26)21(17,2)10-8-18(16)20/h13-18H,3-12H2,1-2H3,(H,25,26). The summed E-state index contributed by atoms with van der Waals surface area (Å²) in [7, 11) is 0. The first kappa shape index (κ1) is 18.2. The molecule has 5 heteroatoms. The summed E-state index contributed by atoms with van der Waals surface area (Å²) in [5.41, 5.74) is 9.44. The van der Waals surface area contributed by atoms with E-state index in [1.165, 1.54) is 38.5 Å². The Balaban J connectivity index is 1.55. The molecule has 144 valence electrons. The number of carboxylic acid groups (broad SMARTS) is 1. The number of fused-ring (bicyclic) bond motifs is 5. The van der Waals surface area contributed by atoms with Crippen LogP contribution in [-0.4, -0.2) is 17.1 Å². The van der Waals surface area contributed by atoms with Gasteiger partial charge < -0.3 is 5.11 Å². The van der Waals surface area contributed by atoms with E-state index in [4.69, 9.17) is 5.53 Å². The van der Waals surface area contributed by atoms with Crippen LogP contribution in [0.25, 0.3) is 10.4 Å². The van der Waals surface area contributed by atoms with E-state index in [2.05, 4.69) is 23.9 Å². The number of azide groups is 1. The van der Waals surface area contributed by atoms with Gasteiger partial charge in [0.25, 0.3) is 0 Å². The van der Waals surface area contributed by atoms with E-state index < -0.39 is 5.97 Å². The normalized spacial score (nSPS) is 50.1. The highest BCUT2D eigenvalue weighted by Crippen LogP contribution is 2.67. The predicted molar refractivity (Wildman–Crippen MR) is 100 cm³/mol. The third-order valence-electron chi connectivity index (χ3n) is 9.47. The number of hydrogen-bond donors (Lipinski definition) is 1. The van der Waals surface area contributed by atoms with Gasteiger partial charge in [-0.05, 0) is 104 Å². The largest absolute Gasteiger partial charge is 0.481 e. The van der Waals surface area contributed by atoms with Crippen LogP contribution in [0.3, 0.4) is 0 Å². The number of nitrogens with zero attached hydrogens (tertiary/aromatic N) is 3. The molecular weight excluding hydrogens is 326 g/mol. The van der Waals surface area contributed by atoms with E-state index in [0.29, 0.717) is 23.7 Å². The molecule has 4 fully saturated rings. The summed E-state index contributed by atoms with van der Waals surface area (Å²) < 4.78 is 0. The first-order valence-electron chi connectivity index (χ1n) is 10.6. The summed E-state index contributed by atoms with van der Waals surface area (Å²) in [6, 6.07) is 0.204. The number of aliphatic carboxylic acids is 1. The number of hydrogen-bond acceptors (Lipinski definition) is 2.